The van der Waals surface area contributed by atoms with Crippen LogP contribution in [0.5, 0.6) is 0 Å². The fourth-order valence-electron chi connectivity index (χ4n) is 3.06. The summed E-state index contributed by atoms with van der Waals surface area (Å²) in [6.45, 7) is 0. The maximum atomic E-state index is 13.0. The third-order valence-electron chi connectivity index (χ3n) is 4.45. The number of fused-ring (bicyclic) bond motifs is 2. The minimum atomic E-state index is -4.42. The van der Waals surface area contributed by atoms with Crippen LogP contribution in [0, 0.1) is 0 Å². The van der Waals surface area contributed by atoms with Crippen molar-refractivity contribution in [1.82, 2.24) is 20.2 Å². The second-order valence-electron chi connectivity index (χ2n) is 6.53. The zero-order chi connectivity index (χ0) is 20.7. The molecule has 150 valence electrons. The Labute approximate surface area is 171 Å². The lowest BCUT2D eigenvalue weighted by molar-refractivity contribution is -0.137. The highest BCUT2D eigenvalue weighted by Crippen LogP contribution is 2.33. The highest BCUT2D eigenvalue weighted by atomic mass is 32.1. The van der Waals surface area contributed by atoms with Gasteiger partial charge in [0.1, 0.15) is 0 Å². The molecular formula is C20H13F3N6S. The molecule has 0 aliphatic heterocycles. The van der Waals surface area contributed by atoms with Crippen LogP contribution in [0.3, 0.4) is 0 Å². The van der Waals surface area contributed by atoms with Crippen molar-refractivity contribution in [3.8, 4) is 0 Å². The maximum Gasteiger partial charge on any atom is 0.416 e. The predicted molar refractivity (Wildman–Crippen MR) is 112 cm³/mol. The maximum absolute atomic E-state index is 13.0. The molecule has 0 aliphatic carbocycles. The molecule has 10 heteroatoms. The number of rotatable bonds is 4. The molecule has 3 heterocycles. The summed E-state index contributed by atoms with van der Waals surface area (Å²) in [4.78, 5) is 8.91. The van der Waals surface area contributed by atoms with Gasteiger partial charge in [0.15, 0.2) is 5.82 Å². The number of H-pyrrole nitrogens is 1. The van der Waals surface area contributed by atoms with Crippen molar-refractivity contribution in [1.29, 1.82) is 0 Å². The van der Waals surface area contributed by atoms with Gasteiger partial charge in [0.25, 0.3) is 0 Å². The van der Waals surface area contributed by atoms with Crippen LogP contribution in [-0.4, -0.2) is 20.2 Å². The van der Waals surface area contributed by atoms with Crippen molar-refractivity contribution in [3.05, 3.63) is 65.7 Å². The first kappa shape index (κ1) is 18.4. The van der Waals surface area contributed by atoms with Gasteiger partial charge in [-0.05, 0) is 47.8 Å². The van der Waals surface area contributed by atoms with Gasteiger partial charge < -0.3 is 10.6 Å². The number of halogens is 3. The van der Waals surface area contributed by atoms with Gasteiger partial charge in [0.2, 0.25) is 5.95 Å². The molecule has 0 aliphatic rings. The average molecular weight is 426 g/mol. The highest BCUT2D eigenvalue weighted by molar-refractivity contribution is 7.17. The first-order valence-corrected chi connectivity index (χ1v) is 9.73. The van der Waals surface area contributed by atoms with E-state index in [2.05, 4.69) is 30.8 Å². The predicted octanol–water partition coefficient (Wildman–Crippen LogP) is 6.07. The molecule has 5 rings (SSSR count). The Morgan fingerprint density at radius 3 is 2.67 bits per heavy atom. The number of nitrogens with one attached hydrogen (secondary N) is 3. The topological polar surface area (TPSA) is 78.5 Å². The standard InChI is InChI=1S/C20H13F3N6S/c21-20(22,23)12-2-1-3-13(9-12)26-19-27-16-6-7-30-17(16)18(28-19)25-14-4-5-15-11(8-14)10-24-29-15/h1-10H,(H,24,29)(H2,25,26,27,28). The summed E-state index contributed by atoms with van der Waals surface area (Å²) in [5.41, 5.74) is 1.93. The number of nitrogens with zero attached hydrogens (tertiary/aromatic N) is 3. The molecule has 30 heavy (non-hydrogen) atoms. The van der Waals surface area contributed by atoms with Crippen LogP contribution in [0.1, 0.15) is 5.56 Å². The van der Waals surface area contributed by atoms with Crippen molar-refractivity contribution >= 4 is 55.6 Å². The second-order valence-corrected chi connectivity index (χ2v) is 7.45. The Balaban J connectivity index is 1.50. The summed E-state index contributed by atoms with van der Waals surface area (Å²) in [6.07, 6.45) is -2.70. The third kappa shape index (κ3) is 3.52. The van der Waals surface area contributed by atoms with Crippen LogP contribution >= 0.6 is 11.3 Å². The van der Waals surface area contributed by atoms with E-state index < -0.39 is 11.7 Å². The Morgan fingerprint density at radius 1 is 0.933 bits per heavy atom. The molecule has 3 N–H and O–H groups in total. The summed E-state index contributed by atoms with van der Waals surface area (Å²) in [7, 11) is 0. The molecule has 6 nitrogen and oxygen atoms in total. The number of thiophene rings is 1. The molecular weight excluding hydrogens is 413 g/mol. The fourth-order valence-corrected chi connectivity index (χ4v) is 3.84. The normalized spacial score (nSPS) is 11.8. The van der Waals surface area contributed by atoms with Crippen LogP contribution in [0.15, 0.2) is 60.1 Å². The Bertz CT molecular complexity index is 1360. The smallest absolute Gasteiger partial charge is 0.339 e. The van der Waals surface area contributed by atoms with E-state index in [1.165, 1.54) is 23.5 Å². The molecule has 0 spiro atoms. The van der Waals surface area contributed by atoms with Gasteiger partial charge in [-0.2, -0.15) is 23.3 Å². The summed E-state index contributed by atoms with van der Waals surface area (Å²) >= 11 is 1.48. The molecule has 0 saturated carbocycles. The Morgan fingerprint density at radius 2 is 1.80 bits per heavy atom. The monoisotopic (exact) mass is 426 g/mol. The number of aromatic amines is 1. The van der Waals surface area contributed by atoms with E-state index in [1.54, 1.807) is 6.20 Å². The van der Waals surface area contributed by atoms with Gasteiger partial charge in [-0.25, -0.2) is 4.98 Å². The first-order chi connectivity index (χ1) is 14.5. The number of benzene rings is 2. The summed E-state index contributed by atoms with van der Waals surface area (Å²) in [5.74, 6) is 0.763. The van der Waals surface area contributed by atoms with E-state index in [1.807, 2.05) is 29.6 Å². The van der Waals surface area contributed by atoms with Gasteiger partial charge in [0, 0.05) is 16.8 Å². The van der Waals surface area contributed by atoms with Crippen molar-refractivity contribution < 1.29 is 13.2 Å². The van der Waals surface area contributed by atoms with Crippen LogP contribution in [0.4, 0.5) is 36.3 Å². The van der Waals surface area contributed by atoms with Crippen LogP contribution in [0.2, 0.25) is 0 Å². The molecule has 5 aromatic rings. The highest BCUT2D eigenvalue weighted by Gasteiger charge is 2.30. The molecule has 0 unspecified atom stereocenters. The van der Waals surface area contributed by atoms with Gasteiger partial charge >= 0.3 is 6.18 Å². The second kappa shape index (κ2) is 6.99. The molecule has 0 amide bonds. The van der Waals surface area contributed by atoms with Gasteiger partial charge in [0.05, 0.1) is 27.5 Å². The number of alkyl halides is 3. The summed E-state index contributed by atoms with van der Waals surface area (Å²) in [6, 6.07) is 12.5. The summed E-state index contributed by atoms with van der Waals surface area (Å²) < 4.78 is 39.8. The minimum Gasteiger partial charge on any atom is -0.339 e. The minimum absolute atomic E-state index is 0.201. The molecule has 0 bridgehead atoms. The Hall–Kier alpha value is -3.66. The van der Waals surface area contributed by atoms with E-state index in [0.717, 1.165) is 33.4 Å². The lowest BCUT2D eigenvalue weighted by Gasteiger charge is -2.12. The van der Waals surface area contributed by atoms with E-state index in [-0.39, 0.29) is 11.6 Å². The van der Waals surface area contributed by atoms with Gasteiger partial charge in [-0.15, -0.1) is 11.3 Å². The van der Waals surface area contributed by atoms with E-state index in [0.29, 0.717) is 11.3 Å². The van der Waals surface area contributed by atoms with Gasteiger partial charge in [-0.3, -0.25) is 5.10 Å². The molecule has 0 saturated heterocycles. The van der Waals surface area contributed by atoms with Crippen molar-refractivity contribution in [2.45, 2.75) is 6.18 Å². The number of anilines is 4. The lowest BCUT2D eigenvalue weighted by Crippen LogP contribution is -2.06. The van der Waals surface area contributed by atoms with Crippen LogP contribution in [0.25, 0.3) is 21.1 Å². The average Bonchev–Trinajstić information content (AvgIpc) is 3.36. The van der Waals surface area contributed by atoms with Crippen molar-refractivity contribution in [2.24, 2.45) is 0 Å². The van der Waals surface area contributed by atoms with Crippen molar-refractivity contribution in [3.63, 3.8) is 0 Å². The van der Waals surface area contributed by atoms with Crippen molar-refractivity contribution in [2.75, 3.05) is 10.6 Å². The Kier molecular flexibility index (Phi) is 4.28. The molecule has 0 atom stereocenters. The first-order valence-electron chi connectivity index (χ1n) is 8.85. The third-order valence-corrected chi connectivity index (χ3v) is 5.36. The van der Waals surface area contributed by atoms with E-state index in [9.17, 15) is 13.2 Å². The molecule has 0 radical (unpaired) electrons. The quantitative estimate of drug-likeness (QED) is 0.325. The SMILES string of the molecule is FC(F)(F)c1cccc(Nc2nc(Nc3ccc4[nH]ncc4c3)c3sccc3n2)c1. The van der Waals surface area contributed by atoms with Crippen LogP contribution < -0.4 is 10.6 Å². The molecule has 3 aromatic heterocycles. The van der Waals surface area contributed by atoms with E-state index in [4.69, 9.17) is 0 Å². The molecule has 0 fully saturated rings. The molecule has 2 aromatic carbocycles. The number of aromatic nitrogens is 4. The zero-order valence-electron chi connectivity index (χ0n) is 15.2. The number of hydrogen-bond donors (Lipinski definition) is 3. The van der Waals surface area contributed by atoms with Crippen LogP contribution in [-0.2, 0) is 6.18 Å². The summed E-state index contributed by atoms with van der Waals surface area (Å²) in [5, 5.41) is 15.9. The van der Waals surface area contributed by atoms with E-state index >= 15 is 0 Å². The fraction of sp³-hybridized carbons (Fsp3) is 0.0500. The zero-order valence-corrected chi connectivity index (χ0v) is 16.0. The lowest BCUT2D eigenvalue weighted by atomic mass is 10.2. The number of hydrogen-bond acceptors (Lipinski definition) is 6. The largest absolute Gasteiger partial charge is 0.416 e. The van der Waals surface area contributed by atoms with Gasteiger partial charge in [-0.1, -0.05) is 6.07 Å².